The van der Waals surface area contributed by atoms with Crippen molar-refractivity contribution < 1.29 is 51.0 Å². The Morgan fingerprint density at radius 3 is 2.23 bits per heavy atom. The largest absolute Gasteiger partial charge is 0.407 e. The number of anilines is 2. The molecule has 20 nitrogen and oxygen atoms in total. The van der Waals surface area contributed by atoms with E-state index in [1.165, 1.54) is 17.2 Å². The topological polar surface area (TPSA) is 241 Å². The fourth-order valence-corrected chi connectivity index (χ4v) is 13.1. The molecule has 0 radical (unpaired) electrons. The van der Waals surface area contributed by atoms with Crippen molar-refractivity contribution in [3.05, 3.63) is 30.2 Å². The third kappa shape index (κ3) is 9.41. The average molecular weight is 1000 g/mol. The van der Waals surface area contributed by atoms with Gasteiger partial charge in [-0.3, -0.25) is 22.7 Å². The van der Waals surface area contributed by atoms with Gasteiger partial charge in [-0.15, -0.1) is 0 Å². The first-order valence-corrected chi connectivity index (χ1v) is 32.9. The smallest absolute Gasteiger partial charge is 0.386 e. The number of hydrogen-bond acceptors (Lipinski definition) is 18. The summed E-state index contributed by atoms with van der Waals surface area (Å²) in [6.07, 6.45) is -1.47. The third-order valence-corrected chi connectivity index (χ3v) is 26.2. The van der Waals surface area contributed by atoms with Crippen LogP contribution in [0.2, 0.25) is 36.3 Å². The molecular weight excluding hydrogens is 941 g/mol. The van der Waals surface area contributed by atoms with Gasteiger partial charge in [-0.1, -0.05) is 79.1 Å². The lowest BCUT2D eigenvalue weighted by Gasteiger charge is -2.41. The number of nitrogens with two attached hydrogens (primary N) is 1. The molecule has 4 aliphatic rings. The number of nitrogen functional groups attached to an aromatic ring is 1. The summed E-state index contributed by atoms with van der Waals surface area (Å²) in [7, 11) is -4.79. The predicted molar refractivity (Wildman–Crippen MR) is 252 cm³/mol. The SMILES string of the molecule is CC(C)(C)[Si](C)(C)CO[C@H]1[C@H]2OP(=O)(S)OC[C@H]3O[C@@H](n4cc5c6c(ncnc64)NCCC5)[C@H](O[Si](C)(C)C(C)(C)C)[C@@H]3OP(=O)(S)OC[C@H]1O[C@H]2n1cnc2c(N)nc(CO)nc21. The van der Waals surface area contributed by atoms with E-state index < -0.39 is 92.3 Å². The summed E-state index contributed by atoms with van der Waals surface area (Å²) in [5.41, 5.74) is 8.31. The number of aryl methyl sites for hydroxylation is 1. The van der Waals surface area contributed by atoms with E-state index in [0.29, 0.717) is 11.9 Å². The maximum Gasteiger partial charge on any atom is 0.386 e. The molecule has 4 aromatic rings. The van der Waals surface area contributed by atoms with Gasteiger partial charge in [0.15, 0.2) is 38.1 Å². The van der Waals surface area contributed by atoms with Crippen molar-refractivity contribution in [1.82, 2.24) is 34.1 Å². The van der Waals surface area contributed by atoms with E-state index in [-0.39, 0.29) is 39.5 Å². The Bertz CT molecular complexity index is 2490. The van der Waals surface area contributed by atoms with Gasteiger partial charge in [-0.2, -0.15) is 0 Å². The number of aliphatic hydroxyl groups is 1. The molecule has 0 amide bonds. The molecule has 0 aromatic carbocycles. The first kappa shape index (κ1) is 48.5. The minimum Gasteiger partial charge on any atom is -0.407 e. The second-order valence-electron chi connectivity index (χ2n) is 20.1. The highest BCUT2D eigenvalue weighted by Gasteiger charge is 2.57. The molecule has 8 rings (SSSR count). The van der Waals surface area contributed by atoms with Crippen LogP contribution in [0, 0.1) is 0 Å². The molecule has 354 valence electrons. The standard InChI is InChI=1S/C38H61N9O11P2S2Si2/c1-37(2,3)63(7,8)20-51-27-22-16-52-59(49,61)56-28-23(17-53-60(50,62)57-29(27)35(54-22)47-19-43-26-31(39)44-24(15-48)45-34(26)47)55-36(30(28)58-64(9,10)38(4,5)6)46-14-21-12-11-13-40-32-25(21)33(46)42-18-41-32/h14,18-19,22-23,27-30,35-36,48H,11-13,15-17,20H2,1-10H3,(H,49,61)(H,50,62)(H2,39,44,45)(H,40,41,42)/t22-,23-,27-,28-,29-,30-,35-,36-,59?,60?/m1/s1. The van der Waals surface area contributed by atoms with Gasteiger partial charge in [0.05, 0.1) is 33.0 Å². The van der Waals surface area contributed by atoms with E-state index in [9.17, 15) is 14.2 Å². The van der Waals surface area contributed by atoms with Crippen molar-refractivity contribution in [3.8, 4) is 0 Å². The van der Waals surface area contributed by atoms with Gasteiger partial charge in [0.25, 0.3) is 0 Å². The van der Waals surface area contributed by atoms with E-state index in [0.717, 1.165) is 36.2 Å². The van der Waals surface area contributed by atoms with Gasteiger partial charge in [-0.05, 0) is 41.6 Å². The van der Waals surface area contributed by atoms with Crippen molar-refractivity contribution in [1.29, 1.82) is 0 Å². The van der Waals surface area contributed by atoms with Crippen LogP contribution in [0.15, 0.2) is 18.9 Å². The van der Waals surface area contributed by atoms with Crippen molar-refractivity contribution in [2.75, 3.05) is 37.0 Å². The molecule has 3 fully saturated rings. The number of hydrogen-bond donors (Lipinski definition) is 5. The van der Waals surface area contributed by atoms with Gasteiger partial charge < -0.3 is 39.4 Å². The number of imidazole rings is 1. The van der Waals surface area contributed by atoms with E-state index in [1.807, 2.05) is 10.8 Å². The number of nitrogens with zero attached hydrogens (tertiary/aromatic N) is 7. The Morgan fingerprint density at radius 1 is 0.891 bits per heavy atom. The third-order valence-electron chi connectivity index (χ3n) is 13.6. The van der Waals surface area contributed by atoms with E-state index in [2.05, 4.69) is 117 Å². The Kier molecular flexibility index (Phi) is 13.3. The molecule has 8 heterocycles. The van der Waals surface area contributed by atoms with Crippen LogP contribution in [0.25, 0.3) is 22.2 Å². The van der Waals surface area contributed by atoms with Crippen molar-refractivity contribution in [2.24, 2.45) is 0 Å². The molecule has 4 aromatic heterocycles. The lowest BCUT2D eigenvalue weighted by molar-refractivity contribution is -0.0583. The molecule has 0 saturated carbocycles. The molecule has 0 spiro atoms. The zero-order chi connectivity index (χ0) is 46.4. The monoisotopic (exact) mass is 1000 g/mol. The second kappa shape index (κ2) is 17.5. The van der Waals surface area contributed by atoms with Crippen LogP contribution in [-0.4, -0.2) is 118 Å². The minimum atomic E-state index is -4.38. The van der Waals surface area contributed by atoms with Crippen molar-refractivity contribution >= 4 is 88.3 Å². The number of thiol groups is 2. The van der Waals surface area contributed by atoms with Gasteiger partial charge in [0, 0.05) is 19.0 Å². The first-order valence-electron chi connectivity index (χ1n) is 21.4. The summed E-state index contributed by atoms with van der Waals surface area (Å²) < 4.78 is 85.6. The fourth-order valence-electron chi connectivity index (χ4n) is 7.85. The zero-order valence-corrected chi connectivity index (χ0v) is 43.4. The summed E-state index contributed by atoms with van der Waals surface area (Å²) in [5, 5.41) is 13.9. The maximum atomic E-state index is 14.7. The van der Waals surface area contributed by atoms with Crippen LogP contribution in [-0.2, 0) is 58.9 Å². The Balaban J connectivity index is 1.20. The number of fused-ring (bicyclic) bond motifs is 4. The summed E-state index contributed by atoms with van der Waals surface area (Å²) in [6.45, 7) is 12.2. The van der Waals surface area contributed by atoms with E-state index in [1.54, 1.807) is 0 Å². The first-order chi connectivity index (χ1) is 29.8. The highest BCUT2D eigenvalue weighted by molar-refractivity contribution is 8.44. The van der Waals surface area contributed by atoms with E-state index >= 15 is 0 Å². The normalized spacial score (nSPS) is 32.1. The van der Waals surface area contributed by atoms with Gasteiger partial charge >= 0.3 is 13.6 Å². The average Bonchev–Trinajstić information content (AvgIpc) is 3.91. The Hall–Kier alpha value is -2.00. The molecule has 4 aliphatic heterocycles. The summed E-state index contributed by atoms with van der Waals surface area (Å²) in [4.78, 5) is 22.3. The fraction of sp³-hybridized carbons (Fsp3) is 0.711. The number of aromatic nitrogens is 7. The predicted octanol–water partition coefficient (Wildman–Crippen LogP) is 7.21. The number of rotatable bonds is 8. The van der Waals surface area contributed by atoms with Crippen molar-refractivity contribution in [3.63, 3.8) is 0 Å². The highest BCUT2D eigenvalue weighted by Crippen LogP contribution is 2.61. The van der Waals surface area contributed by atoms with E-state index in [4.69, 9.17) is 47.4 Å². The highest BCUT2D eigenvalue weighted by atomic mass is 32.7. The molecular formula is C38H61N9O11P2S2Si2. The van der Waals surface area contributed by atoms with Crippen LogP contribution in [0.1, 0.15) is 71.8 Å². The molecule has 2 bridgehead atoms. The quantitative estimate of drug-likeness (QED) is 0.0665. The Labute approximate surface area is 385 Å². The lowest BCUT2D eigenvalue weighted by atomic mass is 10.1. The number of ether oxygens (including phenoxy) is 3. The van der Waals surface area contributed by atoms with Crippen molar-refractivity contribution in [2.45, 2.75) is 146 Å². The molecule has 10 atom stereocenters. The Morgan fingerprint density at radius 2 is 1.56 bits per heavy atom. The molecule has 0 aliphatic carbocycles. The van der Waals surface area contributed by atoms with Crippen LogP contribution < -0.4 is 11.1 Å². The van der Waals surface area contributed by atoms with Gasteiger partial charge in [0.1, 0.15) is 66.5 Å². The molecule has 26 heteroatoms. The van der Waals surface area contributed by atoms with Crippen LogP contribution in [0.5, 0.6) is 0 Å². The number of aliphatic hydroxyl groups excluding tert-OH is 1. The second-order valence-corrected chi connectivity index (χ2v) is 36.1. The van der Waals surface area contributed by atoms with Crippen LogP contribution >= 0.6 is 38.1 Å². The molecule has 3 saturated heterocycles. The van der Waals surface area contributed by atoms with Gasteiger partial charge in [-0.25, -0.2) is 34.0 Å². The van der Waals surface area contributed by atoms with Crippen LogP contribution in [0.3, 0.4) is 0 Å². The minimum absolute atomic E-state index is 0.0320. The van der Waals surface area contributed by atoms with Gasteiger partial charge in [0.2, 0.25) is 0 Å². The molecule has 2 unspecified atom stereocenters. The summed E-state index contributed by atoms with van der Waals surface area (Å²) in [6, 6.07) is 0. The van der Waals surface area contributed by atoms with Crippen LogP contribution in [0.4, 0.5) is 11.6 Å². The molecule has 4 N–H and O–H groups in total. The summed E-state index contributed by atoms with van der Waals surface area (Å²) >= 11 is 9.10. The number of nitrogens with one attached hydrogen (secondary N) is 1. The molecule has 64 heavy (non-hydrogen) atoms. The lowest BCUT2D eigenvalue weighted by Crippen LogP contribution is -2.49. The maximum absolute atomic E-state index is 14.7. The summed E-state index contributed by atoms with van der Waals surface area (Å²) in [5.74, 6) is 0.794. The zero-order valence-electron chi connectivity index (χ0n) is 37.8.